The van der Waals surface area contributed by atoms with Crippen LogP contribution in [-0.4, -0.2) is 36.6 Å². The second kappa shape index (κ2) is 7.31. The predicted octanol–water partition coefficient (Wildman–Crippen LogP) is 2.31. The van der Waals surface area contributed by atoms with E-state index >= 15 is 0 Å². The average molecular weight is 321 g/mol. The van der Waals surface area contributed by atoms with Crippen molar-refractivity contribution in [2.45, 2.75) is 13.0 Å². The summed E-state index contributed by atoms with van der Waals surface area (Å²) in [6.07, 6.45) is 5.09. The van der Waals surface area contributed by atoms with Gasteiger partial charge in [0.15, 0.2) is 0 Å². The smallest absolute Gasteiger partial charge is 0.0410 e. The van der Waals surface area contributed by atoms with Crippen molar-refractivity contribution in [1.82, 2.24) is 15.2 Å². The molecule has 96 valence electrons. The Morgan fingerprint density at radius 3 is 3.06 bits per heavy atom. The monoisotopic (exact) mass is 319 g/mol. The van der Waals surface area contributed by atoms with Crippen LogP contribution in [0, 0.1) is 5.92 Å². The minimum absolute atomic E-state index is 0. The Bertz CT molecular complexity index is 348. The molecule has 0 bridgehead atoms. The molecule has 1 aliphatic rings. The fourth-order valence-electron chi connectivity index (χ4n) is 2.31. The van der Waals surface area contributed by atoms with Gasteiger partial charge in [-0.2, -0.15) is 0 Å². The van der Waals surface area contributed by atoms with Crippen molar-refractivity contribution >= 4 is 28.3 Å². The van der Waals surface area contributed by atoms with Gasteiger partial charge in [0.2, 0.25) is 0 Å². The summed E-state index contributed by atoms with van der Waals surface area (Å²) in [4.78, 5) is 6.70. The standard InChI is InChI=1S/C12H18BrN3.ClH/c1-14-5-10-2-3-16(8-10)9-11-4-12(13)7-15-6-11;/h4,6-7,10,14H,2-3,5,8-9H2,1H3;1H. The van der Waals surface area contributed by atoms with E-state index in [1.807, 2.05) is 19.4 Å². The Hall–Kier alpha value is -0.160. The number of nitrogens with one attached hydrogen (secondary N) is 1. The average Bonchev–Trinajstić information content (AvgIpc) is 2.66. The first kappa shape index (κ1) is 14.9. The summed E-state index contributed by atoms with van der Waals surface area (Å²) < 4.78 is 1.07. The summed E-state index contributed by atoms with van der Waals surface area (Å²) >= 11 is 3.46. The summed E-state index contributed by atoms with van der Waals surface area (Å²) in [5.41, 5.74) is 1.29. The topological polar surface area (TPSA) is 28.2 Å². The van der Waals surface area contributed by atoms with Gasteiger partial charge in [-0.3, -0.25) is 9.88 Å². The lowest BCUT2D eigenvalue weighted by molar-refractivity contribution is 0.315. The summed E-state index contributed by atoms with van der Waals surface area (Å²) in [6, 6.07) is 2.15. The molecular weight excluding hydrogens is 302 g/mol. The molecule has 1 atom stereocenters. The lowest BCUT2D eigenvalue weighted by Crippen LogP contribution is -2.24. The number of halogens is 2. The van der Waals surface area contributed by atoms with E-state index in [0.717, 1.165) is 23.5 Å². The molecule has 1 aliphatic heterocycles. The van der Waals surface area contributed by atoms with Gasteiger partial charge in [-0.15, -0.1) is 12.4 Å². The molecule has 1 saturated heterocycles. The lowest BCUT2D eigenvalue weighted by atomic mass is 10.1. The third-order valence-corrected chi connectivity index (χ3v) is 3.46. The molecule has 3 nitrogen and oxygen atoms in total. The van der Waals surface area contributed by atoms with Crippen LogP contribution in [0.15, 0.2) is 22.9 Å². The zero-order chi connectivity index (χ0) is 11.4. The van der Waals surface area contributed by atoms with Gasteiger partial charge in [-0.25, -0.2) is 0 Å². The normalized spacial score (nSPS) is 20.2. The van der Waals surface area contributed by atoms with Crippen LogP contribution in [-0.2, 0) is 6.54 Å². The van der Waals surface area contributed by atoms with Gasteiger partial charge >= 0.3 is 0 Å². The highest BCUT2D eigenvalue weighted by Crippen LogP contribution is 2.19. The number of pyridine rings is 1. The van der Waals surface area contributed by atoms with Crippen molar-refractivity contribution in [1.29, 1.82) is 0 Å². The maximum absolute atomic E-state index is 4.20. The Morgan fingerprint density at radius 1 is 1.53 bits per heavy atom. The number of aromatic nitrogens is 1. The molecular formula is C12H19BrClN3. The summed E-state index contributed by atoms with van der Waals surface area (Å²) in [7, 11) is 2.03. The molecule has 2 heterocycles. The van der Waals surface area contributed by atoms with E-state index in [9.17, 15) is 0 Å². The molecule has 0 spiro atoms. The van der Waals surface area contributed by atoms with Gasteiger partial charge < -0.3 is 5.32 Å². The van der Waals surface area contributed by atoms with Crippen LogP contribution < -0.4 is 5.32 Å². The van der Waals surface area contributed by atoms with E-state index in [4.69, 9.17) is 0 Å². The first-order chi connectivity index (χ1) is 7.78. The minimum atomic E-state index is 0. The van der Waals surface area contributed by atoms with Gasteiger partial charge in [0.05, 0.1) is 0 Å². The van der Waals surface area contributed by atoms with E-state index in [-0.39, 0.29) is 12.4 Å². The van der Waals surface area contributed by atoms with E-state index in [1.165, 1.54) is 25.1 Å². The molecule has 17 heavy (non-hydrogen) atoms. The summed E-state index contributed by atoms with van der Waals surface area (Å²) in [6.45, 7) is 4.56. The molecule has 0 saturated carbocycles. The maximum Gasteiger partial charge on any atom is 0.0410 e. The third kappa shape index (κ3) is 4.54. The molecule has 2 rings (SSSR count). The second-order valence-electron chi connectivity index (χ2n) is 4.46. The van der Waals surface area contributed by atoms with Gasteiger partial charge in [0, 0.05) is 30.0 Å². The quantitative estimate of drug-likeness (QED) is 0.923. The summed E-state index contributed by atoms with van der Waals surface area (Å²) in [5.74, 6) is 0.810. The molecule has 1 aromatic heterocycles. The molecule has 1 aromatic rings. The van der Waals surface area contributed by atoms with Crippen molar-refractivity contribution in [3.8, 4) is 0 Å². The van der Waals surface area contributed by atoms with Crippen LogP contribution in [0.25, 0.3) is 0 Å². The minimum Gasteiger partial charge on any atom is -0.319 e. The van der Waals surface area contributed by atoms with Crippen molar-refractivity contribution < 1.29 is 0 Å². The Balaban J connectivity index is 0.00000144. The maximum atomic E-state index is 4.20. The SMILES string of the molecule is CNCC1CCN(Cc2cncc(Br)c2)C1.Cl. The molecule has 1 unspecified atom stereocenters. The first-order valence-corrected chi connectivity index (χ1v) is 6.53. The van der Waals surface area contributed by atoms with E-state index in [0.29, 0.717) is 0 Å². The van der Waals surface area contributed by atoms with Gasteiger partial charge in [0.1, 0.15) is 0 Å². The fraction of sp³-hybridized carbons (Fsp3) is 0.583. The van der Waals surface area contributed by atoms with Crippen LogP contribution in [0.4, 0.5) is 0 Å². The highest BCUT2D eigenvalue weighted by molar-refractivity contribution is 9.10. The number of likely N-dealkylation sites (tertiary alicyclic amines) is 1. The van der Waals surface area contributed by atoms with E-state index < -0.39 is 0 Å². The van der Waals surface area contributed by atoms with E-state index in [2.05, 4.69) is 37.2 Å². The summed E-state index contributed by atoms with van der Waals surface area (Å²) in [5, 5.41) is 3.26. The largest absolute Gasteiger partial charge is 0.319 e. The lowest BCUT2D eigenvalue weighted by Gasteiger charge is -2.15. The Labute approximate surface area is 118 Å². The second-order valence-corrected chi connectivity index (χ2v) is 5.37. The zero-order valence-electron chi connectivity index (χ0n) is 10.0. The van der Waals surface area contributed by atoms with Gasteiger partial charge in [-0.1, -0.05) is 0 Å². The number of hydrogen-bond donors (Lipinski definition) is 1. The first-order valence-electron chi connectivity index (χ1n) is 5.74. The Kier molecular flexibility index (Phi) is 6.41. The molecule has 0 amide bonds. The van der Waals surface area contributed by atoms with Crippen LogP contribution in [0.5, 0.6) is 0 Å². The molecule has 5 heteroatoms. The molecule has 0 radical (unpaired) electrons. The van der Waals surface area contributed by atoms with Gasteiger partial charge in [-0.05, 0) is 60.0 Å². The van der Waals surface area contributed by atoms with Crippen LogP contribution in [0.3, 0.4) is 0 Å². The highest BCUT2D eigenvalue weighted by Gasteiger charge is 2.21. The number of nitrogens with zero attached hydrogens (tertiary/aromatic N) is 2. The van der Waals surface area contributed by atoms with E-state index in [1.54, 1.807) is 0 Å². The Morgan fingerprint density at radius 2 is 2.35 bits per heavy atom. The van der Waals surface area contributed by atoms with Crippen molar-refractivity contribution in [3.63, 3.8) is 0 Å². The van der Waals surface area contributed by atoms with Crippen LogP contribution in [0.1, 0.15) is 12.0 Å². The molecule has 1 fully saturated rings. The van der Waals surface area contributed by atoms with Crippen molar-refractivity contribution in [3.05, 3.63) is 28.5 Å². The van der Waals surface area contributed by atoms with Gasteiger partial charge in [0.25, 0.3) is 0 Å². The van der Waals surface area contributed by atoms with Crippen molar-refractivity contribution in [2.24, 2.45) is 5.92 Å². The predicted molar refractivity (Wildman–Crippen MR) is 76.5 cm³/mol. The van der Waals surface area contributed by atoms with Crippen molar-refractivity contribution in [2.75, 3.05) is 26.7 Å². The molecule has 1 N–H and O–H groups in total. The zero-order valence-corrected chi connectivity index (χ0v) is 12.4. The molecule has 0 aromatic carbocycles. The number of rotatable bonds is 4. The fourth-order valence-corrected chi connectivity index (χ4v) is 2.72. The van der Waals surface area contributed by atoms with Crippen LogP contribution >= 0.6 is 28.3 Å². The third-order valence-electron chi connectivity index (χ3n) is 3.03. The molecule has 0 aliphatic carbocycles. The number of hydrogen-bond acceptors (Lipinski definition) is 3. The van der Waals surface area contributed by atoms with Crippen LogP contribution in [0.2, 0.25) is 0 Å². The highest BCUT2D eigenvalue weighted by atomic mass is 79.9.